The molecule has 1 atom stereocenters. The maximum atomic E-state index is 12.4. The molecule has 0 bridgehead atoms. The molecule has 2 aliphatic rings. The normalized spacial score (nSPS) is 19.9. The molecule has 5 nitrogen and oxygen atoms in total. The zero-order valence-corrected chi connectivity index (χ0v) is 16.9. The number of hydrogen-bond acceptors (Lipinski definition) is 3. The third-order valence-corrected chi connectivity index (χ3v) is 6.03. The fourth-order valence-corrected chi connectivity index (χ4v) is 4.20. The van der Waals surface area contributed by atoms with E-state index in [2.05, 4.69) is 10.2 Å². The summed E-state index contributed by atoms with van der Waals surface area (Å²) in [5.74, 6) is 0.904. The van der Waals surface area contributed by atoms with Crippen molar-refractivity contribution in [2.24, 2.45) is 5.92 Å². The van der Waals surface area contributed by atoms with E-state index in [1.165, 1.54) is 25.7 Å². The lowest BCUT2D eigenvalue weighted by Crippen LogP contribution is -2.51. The number of benzene rings is 1. The largest absolute Gasteiger partial charge is 0.348 e. The van der Waals surface area contributed by atoms with Gasteiger partial charge < -0.3 is 10.2 Å². The van der Waals surface area contributed by atoms with Crippen molar-refractivity contribution in [2.45, 2.75) is 45.1 Å². The molecular weight excluding hydrogens is 362 g/mol. The van der Waals surface area contributed by atoms with Crippen LogP contribution in [-0.2, 0) is 9.59 Å². The number of hydrogen-bond donors (Lipinski definition) is 1. The highest BCUT2D eigenvalue weighted by Gasteiger charge is 2.26. The fraction of sp³-hybridized carbons (Fsp3) is 0.619. The van der Waals surface area contributed by atoms with E-state index in [4.69, 9.17) is 11.6 Å². The number of carbonyl (C=O) groups is 2. The summed E-state index contributed by atoms with van der Waals surface area (Å²) >= 11 is 5.91. The standard InChI is InChI=1S/C21H30ClN3O2/c1-16(18-6-8-19(22)9-7-18)23-20(26)15-24-10-12-25(13-11-24)21(27)14-17-4-2-3-5-17/h6-9,16-17H,2-5,10-15H2,1H3,(H,23,26). The molecule has 148 valence electrons. The second kappa shape index (κ2) is 9.56. The van der Waals surface area contributed by atoms with E-state index in [1.807, 2.05) is 36.1 Å². The van der Waals surface area contributed by atoms with Crippen molar-refractivity contribution in [2.75, 3.05) is 32.7 Å². The van der Waals surface area contributed by atoms with Crippen LogP contribution in [0.25, 0.3) is 0 Å². The second-order valence-corrected chi connectivity index (χ2v) is 8.29. The van der Waals surface area contributed by atoms with Gasteiger partial charge in [0.05, 0.1) is 12.6 Å². The number of piperazine rings is 1. The van der Waals surface area contributed by atoms with Gasteiger partial charge in [-0.15, -0.1) is 0 Å². The minimum atomic E-state index is -0.0518. The van der Waals surface area contributed by atoms with Gasteiger partial charge in [0.25, 0.3) is 0 Å². The molecule has 1 saturated heterocycles. The number of nitrogens with one attached hydrogen (secondary N) is 1. The Hall–Kier alpha value is -1.59. The van der Waals surface area contributed by atoms with E-state index in [-0.39, 0.29) is 11.9 Å². The first-order chi connectivity index (χ1) is 13.0. The maximum Gasteiger partial charge on any atom is 0.234 e. The maximum absolute atomic E-state index is 12.4. The summed E-state index contributed by atoms with van der Waals surface area (Å²) in [7, 11) is 0. The third kappa shape index (κ3) is 5.94. The molecular formula is C21H30ClN3O2. The van der Waals surface area contributed by atoms with Crippen molar-refractivity contribution in [3.8, 4) is 0 Å². The van der Waals surface area contributed by atoms with Gasteiger partial charge in [-0.05, 0) is 43.4 Å². The van der Waals surface area contributed by atoms with E-state index >= 15 is 0 Å². The minimum Gasteiger partial charge on any atom is -0.348 e. The van der Waals surface area contributed by atoms with Crippen LogP contribution in [-0.4, -0.2) is 54.3 Å². The van der Waals surface area contributed by atoms with Crippen molar-refractivity contribution < 1.29 is 9.59 Å². The fourth-order valence-electron chi connectivity index (χ4n) is 4.07. The first-order valence-corrected chi connectivity index (χ1v) is 10.4. The molecule has 1 N–H and O–H groups in total. The Balaban J connectivity index is 1.38. The summed E-state index contributed by atoms with van der Waals surface area (Å²) in [6, 6.07) is 7.48. The highest BCUT2D eigenvalue weighted by Crippen LogP contribution is 2.28. The number of halogens is 1. The molecule has 0 aromatic heterocycles. The van der Waals surface area contributed by atoms with Crippen LogP contribution in [0.4, 0.5) is 0 Å². The van der Waals surface area contributed by atoms with Crippen LogP contribution >= 0.6 is 11.6 Å². The molecule has 1 unspecified atom stereocenters. The molecule has 1 saturated carbocycles. The molecule has 2 amide bonds. The third-order valence-electron chi connectivity index (χ3n) is 5.78. The number of rotatable bonds is 6. The lowest BCUT2D eigenvalue weighted by Gasteiger charge is -2.35. The van der Waals surface area contributed by atoms with Crippen LogP contribution in [0.2, 0.25) is 5.02 Å². The van der Waals surface area contributed by atoms with E-state index in [0.29, 0.717) is 29.8 Å². The van der Waals surface area contributed by atoms with Gasteiger partial charge in [-0.3, -0.25) is 14.5 Å². The van der Waals surface area contributed by atoms with Gasteiger partial charge >= 0.3 is 0 Å². The van der Waals surface area contributed by atoms with Gasteiger partial charge in [-0.25, -0.2) is 0 Å². The molecule has 1 aromatic rings. The number of nitrogens with zero attached hydrogens (tertiary/aromatic N) is 2. The van der Waals surface area contributed by atoms with Crippen molar-refractivity contribution in [1.29, 1.82) is 0 Å². The van der Waals surface area contributed by atoms with E-state index in [0.717, 1.165) is 31.7 Å². The summed E-state index contributed by atoms with van der Waals surface area (Å²) in [5, 5.41) is 3.73. The van der Waals surface area contributed by atoms with Gasteiger partial charge in [0, 0.05) is 37.6 Å². The second-order valence-electron chi connectivity index (χ2n) is 7.85. The van der Waals surface area contributed by atoms with E-state index in [1.54, 1.807) is 0 Å². The summed E-state index contributed by atoms with van der Waals surface area (Å²) in [4.78, 5) is 28.9. The molecule has 27 heavy (non-hydrogen) atoms. The minimum absolute atomic E-state index is 0.0168. The van der Waals surface area contributed by atoms with Crippen molar-refractivity contribution in [3.63, 3.8) is 0 Å². The summed E-state index contributed by atoms with van der Waals surface area (Å²) in [6.07, 6.45) is 5.67. The first kappa shape index (κ1) is 20.2. The Bertz CT molecular complexity index is 635. The smallest absolute Gasteiger partial charge is 0.234 e. The summed E-state index contributed by atoms with van der Waals surface area (Å²) < 4.78 is 0. The van der Waals surface area contributed by atoms with Gasteiger partial charge in [0.2, 0.25) is 11.8 Å². The van der Waals surface area contributed by atoms with Gasteiger partial charge in [-0.1, -0.05) is 36.6 Å². The summed E-state index contributed by atoms with van der Waals surface area (Å²) in [5.41, 5.74) is 1.04. The molecule has 1 heterocycles. The molecule has 0 radical (unpaired) electrons. The molecule has 6 heteroatoms. The van der Waals surface area contributed by atoms with Crippen molar-refractivity contribution in [3.05, 3.63) is 34.9 Å². The van der Waals surface area contributed by atoms with Gasteiger partial charge in [0.15, 0.2) is 0 Å². The van der Waals surface area contributed by atoms with Crippen LogP contribution in [0.5, 0.6) is 0 Å². The zero-order valence-electron chi connectivity index (χ0n) is 16.1. The SMILES string of the molecule is CC(NC(=O)CN1CCN(C(=O)CC2CCCC2)CC1)c1ccc(Cl)cc1. The van der Waals surface area contributed by atoms with Crippen LogP contribution < -0.4 is 5.32 Å². The molecule has 0 spiro atoms. The number of amides is 2. The molecule has 1 aliphatic heterocycles. The van der Waals surface area contributed by atoms with Crippen molar-refractivity contribution in [1.82, 2.24) is 15.1 Å². The van der Waals surface area contributed by atoms with Gasteiger partial charge in [0.1, 0.15) is 0 Å². The quantitative estimate of drug-likeness (QED) is 0.809. The molecule has 1 aliphatic carbocycles. The molecule has 2 fully saturated rings. The van der Waals surface area contributed by atoms with Crippen LogP contribution in [0, 0.1) is 5.92 Å². The predicted octanol–water partition coefficient (Wildman–Crippen LogP) is 3.24. The Morgan fingerprint density at radius 2 is 1.74 bits per heavy atom. The van der Waals surface area contributed by atoms with Crippen LogP contribution in [0.15, 0.2) is 24.3 Å². The average molecular weight is 392 g/mol. The Labute approximate surface area is 167 Å². The lowest BCUT2D eigenvalue weighted by atomic mass is 10.0. The summed E-state index contributed by atoms with van der Waals surface area (Å²) in [6.45, 7) is 5.33. The predicted molar refractivity (Wildman–Crippen MR) is 108 cm³/mol. The zero-order chi connectivity index (χ0) is 19.2. The van der Waals surface area contributed by atoms with E-state index in [9.17, 15) is 9.59 Å². The topological polar surface area (TPSA) is 52.7 Å². The highest BCUT2D eigenvalue weighted by molar-refractivity contribution is 6.30. The van der Waals surface area contributed by atoms with Crippen LogP contribution in [0.1, 0.15) is 50.6 Å². The monoisotopic (exact) mass is 391 g/mol. The Kier molecular flexibility index (Phi) is 7.13. The van der Waals surface area contributed by atoms with Gasteiger partial charge in [-0.2, -0.15) is 0 Å². The van der Waals surface area contributed by atoms with Crippen LogP contribution in [0.3, 0.4) is 0 Å². The number of carbonyl (C=O) groups excluding carboxylic acids is 2. The first-order valence-electron chi connectivity index (χ1n) is 10.1. The molecule has 1 aromatic carbocycles. The van der Waals surface area contributed by atoms with E-state index < -0.39 is 0 Å². The Morgan fingerprint density at radius 3 is 2.37 bits per heavy atom. The lowest BCUT2D eigenvalue weighted by molar-refractivity contribution is -0.134. The highest BCUT2D eigenvalue weighted by atomic mass is 35.5. The average Bonchev–Trinajstić information content (AvgIpc) is 3.15. The van der Waals surface area contributed by atoms with Crippen molar-refractivity contribution >= 4 is 23.4 Å². The Morgan fingerprint density at radius 1 is 1.11 bits per heavy atom. The molecule has 3 rings (SSSR count).